The van der Waals surface area contributed by atoms with Gasteiger partial charge in [0.1, 0.15) is 12.4 Å². The van der Waals surface area contributed by atoms with Crippen molar-refractivity contribution in [2.24, 2.45) is 0 Å². The van der Waals surface area contributed by atoms with Gasteiger partial charge in [-0.15, -0.1) is 16.6 Å². The molecule has 0 saturated carbocycles. The molecule has 8 nitrogen and oxygen atoms in total. The van der Waals surface area contributed by atoms with Crippen LogP contribution in [0.25, 0.3) is 5.82 Å². The highest BCUT2D eigenvalue weighted by Crippen LogP contribution is 2.42. The summed E-state index contributed by atoms with van der Waals surface area (Å²) in [7, 11) is 0. The second-order valence-electron chi connectivity index (χ2n) is 6.91. The van der Waals surface area contributed by atoms with Crippen molar-refractivity contribution in [3.05, 3.63) is 52.3 Å². The number of carbonyl (C=O) groups is 1. The first kappa shape index (κ1) is 20.7. The second-order valence-corrected chi connectivity index (χ2v) is 7.30. The number of nitrogens with zero attached hydrogens (tertiary/aromatic N) is 4. The van der Waals surface area contributed by atoms with E-state index in [9.17, 15) is 4.79 Å². The molecule has 1 aromatic carbocycles. The van der Waals surface area contributed by atoms with E-state index in [1.165, 1.54) is 0 Å². The zero-order chi connectivity index (χ0) is 22.0. The number of amides is 1. The van der Waals surface area contributed by atoms with Gasteiger partial charge < -0.3 is 14.8 Å². The number of aromatic nitrogens is 4. The van der Waals surface area contributed by atoms with Gasteiger partial charge in [0.15, 0.2) is 22.5 Å². The average Bonchev–Trinajstić information content (AvgIpc) is 3.09. The van der Waals surface area contributed by atoms with Gasteiger partial charge in [-0.05, 0) is 43.7 Å². The lowest BCUT2D eigenvalue weighted by Crippen LogP contribution is -2.25. The van der Waals surface area contributed by atoms with Crippen LogP contribution in [0.2, 0.25) is 5.15 Å². The number of ether oxygens (including phenoxy) is 2. The van der Waals surface area contributed by atoms with Gasteiger partial charge in [-0.25, -0.2) is 0 Å². The Morgan fingerprint density at radius 3 is 2.81 bits per heavy atom. The molecule has 3 heterocycles. The van der Waals surface area contributed by atoms with Gasteiger partial charge in [0.25, 0.3) is 0 Å². The maximum Gasteiger partial charge on any atom is 0.226 e. The third-order valence-corrected chi connectivity index (χ3v) is 5.12. The average molecular weight is 438 g/mol. The van der Waals surface area contributed by atoms with Crippen molar-refractivity contribution in [3.8, 4) is 29.7 Å². The summed E-state index contributed by atoms with van der Waals surface area (Å²) >= 11 is 5.85. The second kappa shape index (κ2) is 8.66. The highest BCUT2D eigenvalue weighted by molar-refractivity contribution is 6.29. The molecular formula is C22H20ClN5O3. The minimum absolute atomic E-state index is 0.119. The highest BCUT2D eigenvalue weighted by Gasteiger charge is 2.33. The van der Waals surface area contributed by atoms with E-state index in [1.807, 2.05) is 32.0 Å². The van der Waals surface area contributed by atoms with Crippen LogP contribution in [0.5, 0.6) is 11.5 Å². The molecular weight excluding hydrogens is 418 g/mol. The molecule has 0 radical (unpaired) electrons. The van der Waals surface area contributed by atoms with Crippen LogP contribution in [0.1, 0.15) is 36.1 Å². The van der Waals surface area contributed by atoms with Crippen molar-refractivity contribution in [1.82, 2.24) is 20.0 Å². The Kier molecular flexibility index (Phi) is 5.78. The molecule has 158 valence electrons. The first-order valence-electron chi connectivity index (χ1n) is 9.73. The van der Waals surface area contributed by atoms with Gasteiger partial charge in [-0.3, -0.25) is 4.79 Å². The van der Waals surface area contributed by atoms with Gasteiger partial charge in [-0.1, -0.05) is 23.6 Å². The predicted octanol–water partition coefficient (Wildman–Crippen LogP) is 3.51. The van der Waals surface area contributed by atoms with Crippen molar-refractivity contribution >= 4 is 23.3 Å². The molecule has 1 aliphatic heterocycles. The summed E-state index contributed by atoms with van der Waals surface area (Å²) in [6, 6.07) is 8.94. The molecule has 3 aromatic rings. The van der Waals surface area contributed by atoms with E-state index in [0.29, 0.717) is 29.7 Å². The fourth-order valence-corrected chi connectivity index (χ4v) is 3.77. The van der Waals surface area contributed by atoms with E-state index in [-0.39, 0.29) is 30.0 Å². The predicted molar refractivity (Wildman–Crippen MR) is 116 cm³/mol. The first-order chi connectivity index (χ1) is 15.0. The third-order valence-electron chi connectivity index (χ3n) is 4.92. The van der Waals surface area contributed by atoms with Crippen LogP contribution >= 0.6 is 11.6 Å². The zero-order valence-electron chi connectivity index (χ0n) is 17.1. The molecule has 0 bridgehead atoms. The monoisotopic (exact) mass is 437 g/mol. The quantitative estimate of drug-likeness (QED) is 0.593. The molecule has 1 amide bonds. The van der Waals surface area contributed by atoms with Crippen LogP contribution in [0, 0.1) is 19.3 Å². The molecule has 0 fully saturated rings. The van der Waals surface area contributed by atoms with Gasteiger partial charge in [0.05, 0.1) is 12.3 Å². The van der Waals surface area contributed by atoms with Crippen molar-refractivity contribution in [1.29, 1.82) is 0 Å². The Morgan fingerprint density at radius 1 is 1.26 bits per heavy atom. The topological polar surface area (TPSA) is 91.2 Å². The van der Waals surface area contributed by atoms with Gasteiger partial charge in [0, 0.05) is 17.9 Å². The van der Waals surface area contributed by atoms with E-state index >= 15 is 0 Å². The molecule has 1 aliphatic rings. The largest absolute Gasteiger partial charge is 0.490 e. The van der Waals surface area contributed by atoms with Crippen LogP contribution in [-0.2, 0) is 4.79 Å². The molecule has 0 saturated heterocycles. The number of rotatable bonds is 6. The van der Waals surface area contributed by atoms with Gasteiger partial charge in [0.2, 0.25) is 5.91 Å². The molecule has 0 unspecified atom stereocenters. The minimum atomic E-state index is -0.210. The Hall–Kier alpha value is -3.57. The summed E-state index contributed by atoms with van der Waals surface area (Å²) in [6.07, 6.45) is 5.58. The standard InChI is InChI=1S/C22H20ClN5O3/c1-4-10-31-16-7-6-14(11-17(16)30-5-2)15-12-20(29)24-22-21(15)13(3)27-28(22)19-9-8-18(23)25-26-19/h1,6-9,11,15H,5,10,12H2,2-3H3,(H,24,29)/t15-/m0/s1. The van der Waals surface area contributed by atoms with E-state index < -0.39 is 0 Å². The summed E-state index contributed by atoms with van der Waals surface area (Å²) in [6.45, 7) is 4.41. The van der Waals surface area contributed by atoms with Crippen LogP contribution in [0.3, 0.4) is 0 Å². The maximum absolute atomic E-state index is 12.6. The lowest BCUT2D eigenvalue weighted by Gasteiger charge is -2.25. The molecule has 0 aliphatic carbocycles. The number of terminal acetylenes is 1. The number of anilines is 1. The highest BCUT2D eigenvalue weighted by atomic mass is 35.5. The summed E-state index contributed by atoms with van der Waals surface area (Å²) in [5, 5.41) is 15.8. The SMILES string of the molecule is C#CCOc1ccc([C@@H]2CC(=O)Nc3c2c(C)nn3-c2ccc(Cl)nn2)cc1OCC. The fourth-order valence-electron chi connectivity index (χ4n) is 3.67. The van der Waals surface area contributed by atoms with Crippen molar-refractivity contribution in [2.75, 3.05) is 18.5 Å². The van der Waals surface area contributed by atoms with Crippen LogP contribution in [0.4, 0.5) is 5.82 Å². The maximum atomic E-state index is 12.6. The lowest BCUT2D eigenvalue weighted by atomic mass is 9.85. The zero-order valence-corrected chi connectivity index (χ0v) is 17.8. The number of carbonyl (C=O) groups excluding carboxylic acids is 1. The Morgan fingerprint density at radius 2 is 2.10 bits per heavy atom. The number of fused-ring (bicyclic) bond motifs is 1. The van der Waals surface area contributed by atoms with E-state index in [4.69, 9.17) is 27.5 Å². The van der Waals surface area contributed by atoms with Crippen LogP contribution in [-0.4, -0.2) is 39.1 Å². The van der Waals surface area contributed by atoms with Crippen LogP contribution < -0.4 is 14.8 Å². The molecule has 31 heavy (non-hydrogen) atoms. The van der Waals surface area contributed by atoms with Crippen molar-refractivity contribution in [3.63, 3.8) is 0 Å². The third kappa shape index (κ3) is 4.05. The summed E-state index contributed by atoms with van der Waals surface area (Å²) in [5.41, 5.74) is 2.61. The van der Waals surface area contributed by atoms with E-state index in [0.717, 1.165) is 16.8 Å². The Labute approximate surface area is 184 Å². The summed E-state index contributed by atoms with van der Waals surface area (Å²) < 4.78 is 12.9. The first-order valence-corrected chi connectivity index (χ1v) is 10.1. The number of halogens is 1. The molecule has 9 heteroatoms. The smallest absolute Gasteiger partial charge is 0.226 e. The van der Waals surface area contributed by atoms with Crippen molar-refractivity contribution in [2.45, 2.75) is 26.2 Å². The number of hydrogen-bond acceptors (Lipinski definition) is 6. The summed E-state index contributed by atoms with van der Waals surface area (Å²) in [5.74, 6) is 4.30. The number of hydrogen-bond donors (Lipinski definition) is 1. The lowest BCUT2D eigenvalue weighted by molar-refractivity contribution is -0.116. The molecule has 4 rings (SSSR count). The van der Waals surface area contributed by atoms with E-state index in [2.05, 4.69) is 26.5 Å². The van der Waals surface area contributed by atoms with Gasteiger partial charge in [-0.2, -0.15) is 9.78 Å². The number of benzene rings is 1. The molecule has 2 aromatic heterocycles. The molecule has 1 N–H and O–H groups in total. The summed E-state index contributed by atoms with van der Waals surface area (Å²) in [4.78, 5) is 12.6. The van der Waals surface area contributed by atoms with Gasteiger partial charge >= 0.3 is 0 Å². The van der Waals surface area contributed by atoms with Crippen molar-refractivity contribution < 1.29 is 14.3 Å². The molecule has 1 atom stereocenters. The normalized spacial score (nSPS) is 15.0. The Balaban J connectivity index is 1.78. The van der Waals surface area contributed by atoms with E-state index in [1.54, 1.807) is 16.8 Å². The number of nitrogens with one attached hydrogen (secondary N) is 1. The Bertz CT molecular complexity index is 1170. The van der Waals surface area contributed by atoms with Crippen LogP contribution in [0.15, 0.2) is 30.3 Å². The minimum Gasteiger partial charge on any atom is -0.490 e. The fraction of sp³-hybridized carbons (Fsp3) is 0.273. The molecule has 0 spiro atoms. The number of aryl methyl sites for hydroxylation is 1.